The summed E-state index contributed by atoms with van der Waals surface area (Å²) in [7, 11) is 0. The maximum absolute atomic E-state index is 6.19. The molecule has 0 amide bonds. The standard InChI is InChI=1S/C13H13N3O/c14-13(11-6-15-8-16-7-11)10-1-2-12-9(5-10)3-4-17-12/h1-2,5-8,13H,3-4,14H2. The van der Waals surface area contributed by atoms with Gasteiger partial charge in [0.2, 0.25) is 0 Å². The van der Waals surface area contributed by atoms with Crippen molar-refractivity contribution in [1.29, 1.82) is 0 Å². The van der Waals surface area contributed by atoms with Crippen LogP contribution in [0, 0.1) is 0 Å². The van der Waals surface area contributed by atoms with E-state index in [4.69, 9.17) is 10.5 Å². The van der Waals surface area contributed by atoms with E-state index in [1.54, 1.807) is 12.4 Å². The van der Waals surface area contributed by atoms with E-state index >= 15 is 0 Å². The third-order valence-electron chi connectivity index (χ3n) is 3.01. The lowest BCUT2D eigenvalue weighted by molar-refractivity contribution is 0.357. The SMILES string of the molecule is NC(c1cncnc1)c1ccc2c(c1)CCO2. The first-order valence-electron chi connectivity index (χ1n) is 5.61. The highest BCUT2D eigenvalue weighted by Gasteiger charge is 2.15. The number of rotatable bonds is 2. The summed E-state index contributed by atoms with van der Waals surface area (Å²) in [6.45, 7) is 0.766. The molecule has 1 atom stereocenters. The molecule has 0 saturated heterocycles. The zero-order valence-corrected chi connectivity index (χ0v) is 9.34. The lowest BCUT2D eigenvalue weighted by atomic mass is 9.99. The van der Waals surface area contributed by atoms with Gasteiger partial charge >= 0.3 is 0 Å². The van der Waals surface area contributed by atoms with Crippen LogP contribution in [0.3, 0.4) is 0 Å². The Bertz CT molecular complexity index is 527. The first kappa shape index (κ1) is 10.2. The Hall–Kier alpha value is -1.94. The van der Waals surface area contributed by atoms with E-state index in [1.165, 1.54) is 11.9 Å². The molecule has 1 aromatic carbocycles. The van der Waals surface area contributed by atoms with Crippen LogP contribution in [0.15, 0.2) is 36.9 Å². The summed E-state index contributed by atoms with van der Waals surface area (Å²) in [4.78, 5) is 7.98. The van der Waals surface area contributed by atoms with Crippen LogP contribution in [0.25, 0.3) is 0 Å². The summed E-state index contributed by atoms with van der Waals surface area (Å²) in [6.07, 6.45) is 5.97. The predicted molar refractivity (Wildman–Crippen MR) is 63.7 cm³/mol. The van der Waals surface area contributed by atoms with Crippen LogP contribution in [-0.2, 0) is 6.42 Å². The second-order valence-corrected chi connectivity index (χ2v) is 4.12. The number of fused-ring (bicyclic) bond motifs is 1. The predicted octanol–water partition coefficient (Wildman–Crippen LogP) is 1.46. The van der Waals surface area contributed by atoms with Crippen molar-refractivity contribution in [2.45, 2.75) is 12.5 Å². The Morgan fingerprint density at radius 3 is 2.82 bits per heavy atom. The van der Waals surface area contributed by atoms with Crippen LogP contribution in [0.1, 0.15) is 22.7 Å². The van der Waals surface area contributed by atoms with Gasteiger partial charge in [-0.2, -0.15) is 0 Å². The van der Waals surface area contributed by atoms with Crippen molar-refractivity contribution < 1.29 is 4.74 Å². The smallest absolute Gasteiger partial charge is 0.122 e. The van der Waals surface area contributed by atoms with E-state index in [0.29, 0.717) is 0 Å². The van der Waals surface area contributed by atoms with Crippen LogP contribution in [0.2, 0.25) is 0 Å². The molecule has 1 unspecified atom stereocenters. The molecule has 1 aromatic heterocycles. The van der Waals surface area contributed by atoms with E-state index in [9.17, 15) is 0 Å². The maximum Gasteiger partial charge on any atom is 0.122 e. The number of hydrogen-bond acceptors (Lipinski definition) is 4. The van der Waals surface area contributed by atoms with Crippen LogP contribution in [0.4, 0.5) is 0 Å². The molecular formula is C13H13N3O. The molecule has 2 N–H and O–H groups in total. The van der Waals surface area contributed by atoms with Gasteiger partial charge in [0.1, 0.15) is 12.1 Å². The molecule has 1 aliphatic rings. The van der Waals surface area contributed by atoms with Gasteiger partial charge in [-0.1, -0.05) is 12.1 Å². The minimum absolute atomic E-state index is 0.179. The van der Waals surface area contributed by atoms with Crippen LogP contribution >= 0.6 is 0 Å². The van der Waals surface area contributed by atoms with Crippen molar-refractivity contribution in [2.75, 3.05) is 6.61 Å². The highest BCUT2D eigenvalue weighted by molar-refractivity contribution is 5.42. The van der Waals surface area contributed by atoms with Gasteiger partial charge in [-0.25, -0.2) is 9.97 Å². The fraction of sp³-hybridized carbons (Fsp3) is 0.231. The minimum atomic E-state index is -0.179. The van der Waals surface area contributed by atoms with Crippen molar-refractivity contribution >= 4 is 0 Å². The molecule has 86 valence electrons. The molecule has 2 aromatic rings. The largest absolute Gasteiger partial charge is 0.493 e. The Labute approximate surface area is 99.5 Å². The average molecular weight is 227 g/mol. The third kappa shape index (κ3) is 1.87. The molecule has 0 fully saturated rings. The zero-order valence-electron chi connectivity index (χ0n) is 9.34. The summed E-state index contributed by atoms with van der Waals surface area (Å²) < 4.78 is 5.47. The molecular weight excluding hydrogens is 214 g/mol. The zero-order chi connectivity index (χ0) is 11.7. The van der Waals surface area contributed by atoms with E-state index in [2.05, 4.69) is 16.0 Å². The van der Waals surface area contributed by atoms with Crippen LogP contribution < -0.4 is 10.5 Å². The van der Waals surface area contributed by atoms with Crippen molar-refractivity contribution in [2.24, 2.45) is 5.73 Å². The lowest BCUT2D eigenvalue weighted by Gasteiger charge is -2.12. The molecule has 0 saturated carbocycles. The molecule has 3 rings (SSSR count). The number of benzene rings is 1. The molecule has 0 spiro atoms. The fourth-order valence-electron chi connectivity index (χ4n) is 2.06. The highest BCUT2D eigenvalue weighted by Crippen LogP contribution is 2.29. The summed E-state index contributed by atoms with van der Waals surface area (Å²) in [6, 6.07) is 5.92. The fourth-order valence-corrected chi connectivity index (χ4v) is 2.06. The van der Waals surface area contributed by atoms with Gasteiger partial charge in [0.25, 0.3) is 0 Å². The Morgan fingerprint density at radius 1 is 1.18 bits per heavy atom. The van der Waals surface area contributed by atoms with Crippen molar-refractivity contribution in [3.63, 3.8) is 0 Å². The molecule has 0 aliphatic carbocycles. The molecule has 4 nitrogen and oxygen atoms in total. The van der Waals surface area contributed by atoms with Crippen molar-refractivity contribution in [3.8, 4) is 5.75 Å². The normalized spacial score (nSPS) is 15.1. The van der Waals surface area contributed by atoms with Gasteiger partial charge in [-0.05, 0) is 17.2 Å². The highest BCUT2D eigenvalue weighted by atomic mass is 16.5. The first-order chi connectivity index (χ1) is 8.34. The van der Waals surface area contributed by atoms with Gasteiger partial charge < -0.3 is 10.5 Å². The Kier molecular flexibility index (Phi) is 2.49. The first-order valence-corrected chi connectivity index (χ1v) is 5.61. The van der Waals surface area contributed by atoms with E-state index in [-0.39, 0.29) is 6.04 Å². The van der Waals surface area contributed by atoms with Gasteiger partial charge in [-0.3, -0.25) is 0 Å². The van der Waals surface area contributed by atoms with Crippen LogP contribution in [0.5, 0.6) is 5.75 Å². The summed E-state index contributed by atoms with van der Waals surface area (Å²) in [5, 5.41) is 0. The second kappa shape index (κ2) is 4.14. The molecule has 0 bridgehead atoms. The summed E-state index contributed by atoms with van der Waals surface area (Å²) in [5.74, 6) is 0.977. The number of nitrogens with two attached hydrogens (primary N) is 1. The quantitative estimate of drug-likeness (QED) is 0.843. The number of nitrogens with zero attached hydrogens (tertiary/aromatic N) is 2. The monoisotopic (exact) mass is 227 g/mol. The number of aromatic nitrogens is 2. The van der Waals surface area contributed by atoms with Gasteiger partial charge in [0.05, 0.1) is 12.6 Å². The molecule has 17 heavy (non-hydrogen) atoms. The topological polar surface area (TPSA) is 61.0 Å². The summed E-state index contributed by atoms with van der Waals surface area (Å²) in [5.41, 5.74) is 9.42. The molecule has 1 aliphatic heterocycles. The van der Waals surface area contributed by atoms with E-state index < -0.39 is 0 Å². The second-order valence-electron chi connectivity index (χ2n) is 4.12. The van der Waals surface area contributed by atoms with Gasteiger partial charge in [0, 0.05) is 24.4 Å². The van der Waals surface area contributed by atoms with Crippen molar-refractivity contribution in [1.82, 2.24) is 9.97 Å². The summed E-state index contributed by atoms with van der Waals surface area (Å²) >= 11 is 0. The average Bonchev–Trinajstić information content (AvgIpc) is 2.86. The Morgan fingerprint density at radius 2 is 2.00 bits per heavy atom. The van der Waals surface area contributed by atoms with Gasteiger partial charge in [0.15, 0.2) is 0 Å². The third-order valence-corrected chi connectivity index (χ3v) is 3.01. The number of ether oxygens (including phenoxy) is 1. The van der Waals surface area contributed by atoms with Crippen molar-refractivity contribution in [3.05, 3.63) is 53.6 Å². The molecule has 0 radical (unpaired) electrons. The lowest BCUT2D eigenvalue weighted by Crippen LogP contribution is -2.12. The minimum Gasteiger partial charge on any atom is -0.493 e. The Balaban J connectivity index is 1.94. The maximum atomic E-state index is 6.19. The van der Waals surface area contributed by atoms with Crippen LogP contribution in [-0.4, -0.2) is 16.6 Å². The van der Waals surface area contributed by atoms with Gasteiger partial charge in [-0.15, -0.1) is 0 Å². The molecule has 2 heterocycles. The molecule has 4 heteroatoms. The van der Waals surface area contributed by atoms with E-state index in [1.807, 2.05) is 12.1 Å². The van der Waals surface area contributed by atoms with E-state index in [0.717, 1.165) is 29.9 Å². The number of hydrogen-bond donors (Lipinski definition) is 1.